The van der Waals surface area contributed by atoms with Crippen LogP contribution in [-0.4, -0.2) is 55.6 Å². The van der Waals surface area contributed by atoms with Gasteiger partial charge in [0.05, 0.1) is 24.8 Å². The molecule has 1 amide bonds. The van der Waals surface area contributed by atoms with E-state index in [0.29, 0.717) is 35.6 Å². The molecule has 1 aromatic heterocycles. The molecule has 8 heteroatoms. The van der Waals surface area contributed by atoms with Crippen molar-refractivity contribution in [1.82, 2.24) is 10.1 Å². The van der Waals surface area contributed by atoms with Crippen LogP contribution in [0.2, 0.25) is 0 Å². The van der Waals surface area contributed by atoms with Gasteiger partial charge < -0.3 is 14.2 Å². The predicted molar refractivity (Wildman–Crippen MR) is 92.3 cm³/mol. The zero-order valence-corrected chi connectivity index (χ0v) is 15.0. The van der Waals surface area contributed by atoms with Crippen LogP contribution in [0.25, 0.3) is 11.3 Å². The van der Waals surface area contributed by atoms with Crippen molar-refractivity contribution in [1.29, 1.82) is 0 Å². The number of benzene rings is 1. The summed E-state index contributed by atoms with van der Waals surface area (Å²) in [7, 11) is -1.49. The lowest BCUT2D eigenvalue weighted by Gasteiger charge is -2.26. The van der Waals surface area contributed by atoms with E-state index in [1.807, 2.05) is 6.92 Å². The van der Waals surface area contributed by atoms with Crippen LogP contribution in [-0.2, 0) is 9.84 Å². The highest BCUT2D eigenvalue weighted by molar-refractivity contribution is 7.91. The molecule has 0 N–H and O–H groups in total. The van der Waals surface area contributed by atoms with Gasteiger partial charge in [-0.25, -0.2) is 8.42 Å². The van der Waals surface area contributed by atoms with Gasteiger partial charge in [-0.3, -0.25) is 4.79 Å². The quantitative estimate of drug-likeness (QED) is 0.806. The largest absolute Gasteiger partial charge is 0.497 e. The Morgan fingerprint density at radius 2 is 2.08 bits per heavy atom. The Morgan fingerprint density at radius 1 is 1.36 bits per heavy atom. The van der Waals surface area contributed by atoms with E-state index < -0.39 is 9.84 Å². The number of aromatic nitrogens is 1. The van der Waals surface area contributed by atoms with E-state index in [9.17, 15) is 13.2 Å². The average molecular weight is 364 g/mol. The Kier molecular flexibility index (Phi) is 4.80. The van der Waals surface area contributed by atoms with Gasteiger partial charge in [0.15, 0.2) is 15.6 Å². The zero-order valence-electron chi connectivity index (χ0n) is 14.1. The Bertz CT molecular complexity index is 857. The monoisotopic (exact) mass is 364 g/mol. The van der Waals surface area contributed by atoms with Gasteiger partial charge in [-0.1, -0.05) is 5.16 Å². The minimum Gasteiger partial charge on any atom is -0.497 e. The lowest BCUT2D eigenvalue weighted by Crippen LogP contribution is -2.41. The fourth-order valence-electron chi connectivity index (χ4n) is 3.09. The number of rotatable bonds is 5. The topological polar surface area (TPSA) is 89.7 Å². The molecule has 1 aliphatic heterocycles. The fraction of sp³-hybridized carbons (Fsp3) is 0.412. The summed E-state index contributed by atoms with van der Waals surface area (Å²) in [6.45, 7) is 2.26. The van der Waals surface area contributed by atoms with E-state index in [1.54, 1.807) is 36.3 Å². The summed E-state index contributed by atoms with van der Waals surface area (Å²) in [5.74, 6) is 0.928. The van der Waals surface area contributed by atoms with Crippen LogP contribution in [0.3, 0.4) is 0 Å². The Morgan fingerprint density at radius 3 is 2.64 bits per heavy atom. The molecular formula is C17H20N2O5S. The summed E-state index contributed by atoms with van der Waals surface area (Å²) in [6, 6.07) is 6.81. The van der Waals surface area contributed by atoms with Gasteiger partial charge in [0.1, 0.15) is 11.3 Å². The lowest BCUT2D eigenvalue weighted by atomic mass is 10.1. The van der Waals surface area contributed by atoms with Gasteiger partial charge >= 0.3 is 0 Å². The first-order chi connectivity index (χ1) is 11.9. The molecule has 0 bridgehead atoms. The highest BCUT2D eigenvalue weighted by Gasteiger charge is 2.35. The third-order valence-electron chi connectivity index (χ3n) is 4.40. The lowest BCUT2D eigenvalue weighted by molar-refractivity contribution is 0.0708. The van der Waals surface area contributed by atoms with Crippen LogP contribution < -0.4 is 4.74 Å². The normalized spacial score (nSPS) is 18.9. The first-order valence-electron chi connectivity index (χ1n) is 8.05. The fourth-order valence-corrected chi connectivity index (χ4v) is 4.82. The van der Waals surface area contributed by atoms with Crippen molar-refractivity contribution in [2.45, 2.75) is 19.4 Å². The summed E-state index contributed by atoms with van der Waals surface area (Å²) < 4.78 is 33.9. The third kappa shape index (κ3) is 3.53. The molecular weight excluding hydrogens is 344 g/mol. The number of carbonyl (C=O) groups excluding carboxylic acids is 1. The SMILES string of the molecule is CCN(C(=O)c1cnoc1-c1ccc(OC)cc1)C1CCS(=O)(=O)C1. The van der Waals surface area contributed by atoms with Crippen molar-refractivity contribution in [3.8, 4) is 17.1 Å². The maximum atomic E-state index is 13.0. The van der Waals surface area contributed by atoms with Crippen molar-refractivity contribution < 1.29 is 22.5 Å². The van der Waals surface area contributed by atoms with E-state index in [1.165, 1.54) is 6.20 Å². The van der Waals surface area contributed by atoms with Crippen LogP contribution in [0.5, 0.6) is 5.75 Å². The molecule has 134 valence electrons. The van der Waals surface area contributed by atoms with Gasteiger partial charge in [-0.05, 0) is 37.6 Å². The maximum absolute atomic E-state index is 13.0. The van der Waals surface area contributed by atoms with E-state index in [2.05, 4.69) is 5.16 Å². The highest BCUT2D eigenvalue weighted by atomic mass is 32.2. The number of amides is 1. The second-order valence-corrected chi connectivity index (χ2v) is 8.17. The second kappa shape index (κ2) is 6.87. The Labute approximate surface area is 146 Å². The molecule has 2 aromatic rings. The predicted octanol–water partition coefficient (Wildman–Crippen LogP) is 2.00. The third-order valence-corrected chi connectivity index (χ3v) is 6.15. The van der Waals surface area contributed by atoms with Gasteiger partial charge in [0, 0.05) is 18.2 Å². The van der Waals surface area contributed by atoms with Gasteiger partial charge in [-0.15, -0.1) is 0 Å². The van der Waals surface area contributed by atoms with E-state index in [0.717, 1.165) is 0 Å². The molecule has 3 rings (SSSR count). The molecule has 1 unspecified atom stereocenters. The molecule has 25 heavy (non-hydrogen) atoms. The summed E-state index contributed by atoms with van der Waals surface area (Å²) in [4.78, 5) is 14.5. The minimum atomic E-state index is -3.07. The number of methoxy groups -OCH3 is 1. The number of hydrogen-bond acceptors (Lipinski definition) is 6. The van der Waals surface area contributed by atoms with E-state index in [-0.39, 0.29) is 23.5 Å². The smallest absolute Gasteiger partial charge is 0.259 e. The summed E-state index contributed by atoms with van der Waals surface area (Å²) in [5.41, 5.74) is 1.04. The van der Waals surface area contributed by atoms with Crippen molar-refractivity contribution in [3.05, 3.63) is 36.0 Å². The molecule has 1 saturated heterocycles. The van der Waals surface area contributed by atoms with E-state index >= 15 is 0 Å². The van der Waals surface area contributed by atoms with Crippen molar-refractivity contribution in [3.63, 3.8) is 0 Å². The van der Waals surface area contributed by atoms with Crippen LogP contribution in [0.15, 0.2) is 35.0 Å². The van der Waals surface area contributed by atoms with Crippen molar-refractivity contribution in [2.75, 3.05) is 25.2 Å². The standard InChI is InChI=1S/C17H20N2O5S/c1-3-19(13-8-9-25(21,22)11-13)17(20)15-10-18-24-16(15)12-4-6-14(23-2)7-5-12/h4-7,10,13H,3,8-9,11H2,1-2H3. The number of hydrogen-bond donors (Lipinski definition) is 0. The Hall–Kier alpha value is -2.35. The van der Waals surface area contributed by atoms with Crippen LogP contribution in [0.1, 0.15) is 23.7 Å². The molecule has 7 nitrogen and oxygen atoms in total. The molecule has 0 radical (unpaired) electrons. The van der Waals surface area contributed by atoms with Crippen LogP contribution in [0.4, 0.5) is 0 Å². The molecule has 1 atom stereocenters. The molecule has 2 heterocycles. The highest BCUT2D eigenvalue weighted by Crippen LogP contribution is 2.28. The van der Waals surface area contributed by atoms with Crippen LogP contribution >= 0.6 is 0 Å². The molecule has 0 aliphatic carbocycles. The number of sulfone groups is 1. The van der Waals surface area contributed by atoms with Gasteiger partial charge in [0.2, 0.25) is 0 Å². The second-order valence-electron chi connectivity index (χ2n) is 5.95. The molecule has 1 aliphatic rings. The van der Waals surface area contributed by atoms with Crippen LogP contribution in [0, 0.1) is 0 Å². The zero-order chi connectivity index (χ0) is 18.0. The van der Waals surface area contributed by atoms with Gasteiger partial charge in [0.25, 0.3) is 5.91 Å². The first kappa shape index (κ1) is 17.5. The van der Waals surface area contributed by atoms with E-state index in [4.69, 9.17) is 9.26 Å². The summed E-state index contributed by atoms with van der Waals surface area (Å²) in [6.07, 6.45) is 1.85. The molecule has 1 aromatic carbocycles. The average Bonchev–Trinajstić information content (AvgIpc) is 3.22. The first-order valence-corrected chi connectivity index (χ1v) is 9.88. The van der Waals surface area contributed by atoms with Crippen molar-refractivity contribution >= 4 is 15.7 Å². The summed E-state index contributed by atoms with van der Waals surface area (Å²) >= 11 is 0. The number of ether oxygens (including phenoxy) is 1. The Balaban J connectivity index is 1.88. The minimum absolute atomic E-state index is 0.00965. The summed E-state index contributed by atoms with van der Waals surface area (Å²) in [5, 5.41) is 3.76. The maximum Gasteiger partial charge on any atom is 0.259 e. The number of carbonyl (C=O) groups is 1. The molecule has 1 fully saturated rings. The van der Waals surface area contributed by atoms with Crippen molar-refractivity contribution in [2.24, 2.45) is 0 Å². The molecule has 0 saturated carbocycles. The molecule has 0 spiro atoms. The number of nitrogens with zero attached hydrogens (tertiary/aromatic N) is 2. The van der Waals surface area contributed by atoms with Gasteiger partial charge in [-0.2, -0.15) is 0 Å².